The SMILES string of the molecule is NC1CN(c2ccc3ncnc(Nc4ccc5cnsc5c4F)c3n2)C1. The predicted molar refractivity (Wildman–Crippen MR) is 100 cm³/mol. The van der Waals surface area contributed by atoms with Gasteiger partial charge < -0.3 is 16.0 Å². The van der Waals surface area contributed by atoms with Crippen molar-refractivity contribution in [2.75, 3.05) is 23.3 Å². The van der Waals surface area contributed by atoms with Gasteiger partial charge in [0.25, 0.3) is 0 Å². The van der Waals surface area contributed by atoms with Gasteiger partial charge >= 0.3 is 0 Å². The molecule has 4 aromatic rings. The Labute approximate surface area is 151 Å². The van der Waals surface area contributed by atoms with Crippen molar-refractivity contribution >= 4 is 50.0 Å². The highest BCUT2D eigenvalue weighted by Crippen LogP contribution is 2.31. The third-order valence-electron chi connectivity index (χ3n) is 4.42. The van der Waals surface area contributed by atoms with Gasteiger partial charge in [-0.25, -0.2) is 19.3 Å². The first kappa shape index (κ1) is 15.4. The van der Waals surface area contributed by atoms with Crippen molar-refractivity contribution in [2.45, 2.75) is 6.04 Å². The molecule has 3 aromatic heterocycles. The fraction of sp³-hybridized carbons (Fsp3) is 0.176. The molecule has 1 aromatic carbocycles. The van der Waals surface area contributed by atoms with E-state index in [2.05, 4.69) is 29.5 Å². The molecule has 26 heavy (non-hydrogen) atoms. The quantitative estimate of drug-likeness (QED) is 0.575. The Morgan fingerprint density at radius 2 is 2.08 bits per heavy atom. The molecule has 1 aliphatic rings. The molecule has 0 atom stereocenters. The van der Waals surface area contributed by atoms with Crippen LogP contribution >= 0.6 is 11.5 Å². The lowest BCUT2D eigenvalue weighted by Gasteiger charge is -2.37. The van der Waals surface area contributed by atoms with E-state index in [4.69, 9.17) is 5.73 Å². The molecule has 0 spiro atoms. The fourth-order valence-corrected chi connectivity index (χ4v) is 3.71. The molecule has 9 heteroatoms. The minimum Gasteiger partial charge on any atom is -0.353 e. The zero-order valence-corrected chi connectivity index (χ0v) is 14.4. The number of anilines is 3. The van der Waals surface area contributed by atoms with Gasteiger partial charge in [-0.2, -0.15) is 4.37 Å². The number of hydrogen-bond acceptors (Lipinski definition) is 8. The highest BCUT2D eigenvalue weighted by molar-refractivity contribution is 7.13. The Morgan fingerprint density at radius 3 is 2.92 bits per heavy atom. The molecule has 0 saturated carbocycles. The van der Waals surface area contributed by atoms with Crippen LogP contribution in [0.4, 0.5) is 21.7 Å². The number of nitrogens with two attached hydrogens (primary N) is 1. The summed E-state index contributed by atoms with van der Waals surface area (Å²) >= 11 is 1.13. The summed E-state index contributed by atoms with van der Waals surface area (Å²) < 4.78 is 19.3. The number of nitrogens with one attached hydrogen (secondary N) is 1. The van der Waals surface area contributed by atoms with E-state index < -0.39 is 0 Å². The summed E-state index contributed by atoms with van der Waals surface area (Å²) in [6.45, 7) is 1.54. The third kappa shape index (κ3) is 2.44. The van der Waals surface area contributed by atoms with E-state index in [0.29, 0.717) is 27.2 Å². The fourth-order valence-electron chi connectivity index (χ4n) is 3.02. The van der Waals surface area contributed by atoms with E-state index >= 15 is 0 Å². The summed E-state index contributed by atoms with van der Waals surface area (Å²) in [4.78, 5) is 15.3. The van der Waals surface area contributed by atoms with Gasteiger partial charge in [0.05, 0.1) is 15.9 Å². The number of rotatable bonds is 3. The monoisotopic (exact) mass is 367 g/mol. The summed E-state index contributed by atoms with van der Waals surface area (Å²) in [6, 6.07) is 7.48. The topological polar surface area (TPSA) is 92.8 Å². The van der Waals surface area contributed by atoms with E-state index in [-0.39, 0.29) is 11.9 Å². The van der Waals surface area contributed by atoms with Gasteiger partial charge in [0.1, 0.15) is 17.7 Å². The molecule has 1 saturated heterocycles. The van der Waals surface area contributed by atoms with Crippen LogP contribution in [0, 0.1) is 5.82 Å². The van der Waals surface area contributed by atoms with Crippen LogP contribution in [0.5, 0.6) is 0 Å². The Hall–Kier alpha value is -2.91. The summed E-state index contributed by atoms with van der Waals surface area (Å²) in [5.74, 6) is 0.932. The first-order valence-corrected chi connectivity index (χ1v) is 8.88. The zero-order chi connectivity index (χ0) is 17.7. The number of hydrogen-bond donors (Lipinski definition) is 2. The maximum Gasteiger partial charge on any atom is 0.166 e. The van der Waals surface area contributed by atoms with E-state index in [9.17, 15) is 4.39 Å². The Bertz CT molecular complexity index is 1120. The van der Waals surface area contributed by atoms with E-state index in [1.165, 1.54) is 6.33 Å². The van der Waals surface area contributed by atoms with Gasteiger partial charge in [-0.3, -0.25) is 0 Å². The minimum absolute atomic E-state index is 0.178. The van der Waals surface area contributed by atoms with Crippen molar-refractivity contribution in [3.8, 4) is 0 Å². The molecule has 4 heterocycles. The average molecular weight is 367 g/mol. The predicted octanol–water partition coefficient (Wildman–Crippen LogP) is 2.66. The summed E-state index contributed by atoms with van der Waals surface area (Å²) in [5.41, 5.74) is 7.47. The van der Waals surface area contributed by atoms with Gasteiger partial charge in [0, 0.05) is 30.7 Å². The number of aromatic nitrogens is 4. The van der Waals surface area contributed by atoms with Gasteiger partial charge in [-0.05, 0) is 35.8 Å². The smallest absolute Gasteiger partial charge is 0.166 e. The van der Waals surface area contributed by atoms with Crippen molar-refractivity contribution in [1.82, 2.24) is 19.3 Å². The molecule has 0 radical (unpaired) electrons. The van der Waals surface area contributed by atoms with E-state index in [1.54, 1.807) is 12.3 Å². The number of fused-ring (bicyclic) bond motifs is 2. The van der Waals surface area contributed by atoms with E-state index in [0.717, 1.165) is 35.8 Å². The standard InChI is InChI=1S/C17H14FN7S/c18-14-11(2-1-9-5-22-26-16(9)14)23-17-15-12(20-8-21-17)3-4-13(24-15)25-6-10(19)7-25/h1-5,8,10H,6-7,19H2,(H,20,21,23). The highest BCUT2D eigenvalue weighted by Gasteiger charge is 2.24. The molecule has 130 valence electrons. The maximum atomic E-state index is 14.7. The molecule has 1 fully saturated rings. The summed E-state index contributed by atoms with van der Waals surface area (Å²) in [5, 5.41) is 3.83. The van der Waals surface area contributed by atoms with Crippen LogP contribution in [0.25, 0.3) is 21.1 Å². The average Bonchev–Trinajstić information content (AvgIpc) is 3.11. The third-order valence-corrected chi connectivity index (χ3v) is 5.23. The van der Waals surface area contributed by atoms with Crippen LogP contribution in [0.2, 0.25) is 0 Å². The van der Waals surface area contributed by atoms with Crippen molar-refractivity contribution in [3.63, 3.8) is 0 Å². The number of nitrogens with zero attached hydrogens (tertiary/aromatic N) is 5. The normalized spacial score (nSPS) is 14.8. The van der Waals surface area contributed by atoms with Crippen LogP contribution in [0.3, 0.4) is 0 Å². The molecular weight excluding hydrogens is 353 g/mol. The molecule has 0 amide bonds. The number of pyridine rings is 1. The molecule has 0 aliphatic carbocycles. The molecule has 3 N–H and O–H groups in total. The molecule has 1 aliphatic heterocycles. The van der Waals surface area contributed by atoms with Crippen molar-refractivity contribution in [3.05, 3.63) is 42.6 Å². The van der Waals surface area contributed by atoms with Gasteiger partial charge in [0.15, 0.2) is 11.6 Å². The second-order valence-corrected chi connectivity index (χ2v) is 7.02. The van der Waals surface area contributed by atoms with Crippen molar-refractivity contribution in [2.24, 2.45) is 5.73 Å². The first-order chi connectivity index (χ1) is 12.7. The highest BCUT2D eigenvalue weighted by atomic mass is 32.1. The lowest BCUT2D eigenvalue weighted by molar-refractivity contribution is 0.515. The second kappa shape index (κ2) is 5.82. The largest absolute Gasteiger partial charge is 0.353 e. The molecular formula is C17H14FN7S. The number of benzene rings is 1. The Kier molecular flexibility index (Phi) is 3.44. The van der Waals surface area contributed by atoms with Gasteiger partial charge in [-0.1, -0.05) is 0 Å². The Balaban J connectivity index is 1.56. The van der Waals surface area contributed by atoms with Crippen LogP contribution in [0.1, 0.15) is 0 Å². The van der Waals surface area contributed by atoms with Crippen LogP contribution in [-0.4, -0.2) is 38.5 Å². The minimum atomic E-state index is -0.346. The van der Waals surface area contributed by atoms with Crippen molar-refractivity contribution in [1.29, 1.82) is 0 Å². The zero-order valence-electron chi connectivity index (χ0n) is 13.6. The summed E-state index contributed by atoms with van der Waals surface area (Å²) in [7, 11) is 0. The molecule has 0 bridgehead atoms. The molecule has 0 unspecified atom stereocenters. The number of halogens is 1. The lowest BCUT2D eigenvalue weighted by atomic mass is 10.1. The van der Waals surface area contributed by atoms with Gasteiger partial charge in [0.2, 0.25) is 0 Å². The first-order valence-electron chi connectivity index (χ1n) is 8.11. The Morgan fingerprint density at radius 1 is 1.19 bits per heavy atom. The second-order valence-electron chi connectivity index (χ2n) is 6.22. The summed E-state index contributed by atoms with van der Waals surface area (Å²) in [6.07, 6.45) is 3.09. The van der Waals surface area contributed by atoms with Crippen LogP contribution in [0.15, 0.2) is 36.8 Å². The maximum absolute atomic E-state index is 14.7. The van der Waals surface area contributed by atoms with Crippen LogP contribution < -0.4 is 16.0 Å². The van der Waals surface area contributed by atoms with Gasteiger partial charge in [-0.15, -0.1) is 0 Å². The van der Waals surface area contributed by atoms with E-state index in [1.807, 2.05) is 18.2 Å². The van der Waals surface area contributed by atoms with Crippen molar-refractivity contribution < 1.29 is 4.39 Å². The molecule has 5 rings (SSSR count). The van der Waals surface area contributed by atoms with Crippen LogP contribution in [-0.2, 0) is 0 Å². The molecule has 7 nitrogen and oxygen atoms in total. The lowest BCUT2D eigenvalue weighted by Crippen LogP contribution is -2.56.